The zero-order chi connectivity index (χ0) is 15.2. The highest BCUT2D eigenvalue weighted by atomic mass is 35.5. The Balaban J connectivity index is 0.00000242. The molecule has 134 valence electrons. The number of rotatable bonds is 6. The van der Waals surface area contributed by atoms with E-state index in [9.17, 15) is 4.79 Å². The predicted octanol–water partition coefficient (Wildman–Crippen LogP) is 3.29. The molecular formula is C16H29Cl2N3OS. The Morgan fingerprint density at radius 2 is 2.00 bits per heavy atom. The molecule has 1 aliphatic heterocycles. The molecule has 1 saturated heterocycles. The normalized spacial score (nSPS) is 16.1. The van der Waals surface area contributed by atoms with Crippen molar-refractivity contribution in [2.75, 3.05) is 19.6 Å². The third kappa shape index (κ3) is 7.38. The summed E-state index contributed by atoms with van der Waals surface area (Å²) < 4.78 is 0. The largest absolute Gasteiger partial charge is 0.356 e. The Morgan fingerprint density at radius 3 is 2.57 bits per heavy atom. The van der Waals surface area contributed by atoms with Gasteiger partial charge in [0.1, 0.15) is 0 Å². The molecule has 0 radical (unpaired) electrons. The first-order chi connectivity index (χ1) is 10.1. The lowest BCUT2D eigenvalue weighted by Gasteiger charge is -2.27. The number of hydrogen-bond acceptors (Lipinski definition) is 4. The maximum Gasteiger partial charge on any atom is 0.220 e. The van der Waals surface area contributed by atoms with Crippen molar-refractivity contribution in [1.29, 1.82) is 0 Å². The van der Waals surface area contributed by atoms with Gasteiger partial charge in [-0.2, -0.15) is 0 Å². The van der Waals surface area contributed by atoms with Gasteiger partial charge in [0, 0.05) is 24.3 Å². The average molecular weight is 382 g/mol. The van der Waals surface area contributed by atoms with Crippen LogP contribution in [0.2, 0.25) is 0 Å². The van der Waals surface area contributed by atoms with Gasteiger partial charge < -0.3 is 10.6 Å². The number of carbonyl (C=O) groups is 1. The molecule has 1 amide bonds. The van der Waals surface area contributed by atoms with Crippen LogP contribution in [0.3, 0.4) is 0 Å². The highest BCUT2D eigenvalue weighted by Gasteiger charge is 2.21. The van der Waals surface area contributed by atoms with Gasteiger partial charge in [-0.3, -0.25) is 4.79 Å². The number of hydrogen-bond donors (Lipinski definition) is 2. The van der Waals surface area contributed by atoms with Gasteiger partial charge >= 0.3 is 0 Å². The van der Waals surface area contributed by atoms with Gasteiger partial charge in [-0.05, 0) is 51.6 Å². The van der Waals surface area contributed by atoms with Crippen molar-refractivity contribution in [3.63, 3.8) is 0 Å². The summed E-state index contributed by atoms with van der Waals surface area (Å²) in [5.41, 5.74) is 1.11. The fraction of sp³-hybridized carbons (Fsp3) is 0.750. The number of aromatic nitrogens is 1. The third-order valence-electron chi connectivity index (χ3n) is 4.43. The van der Waals surface area contributed by atoms with E-state index in [1.54, 1.807) is 11.3 Å². The minimum atomic E-state index is 0. The summed E-state index contributed by atoms with van der Waals surface area (Å²) in [7, 11) is 0. The number of halogens is 2. The Labute approximate surface area is 156 Å². The number of carbonyl (C=O) groups excluding carboxylic acids is 1. The molecule has 1 aromatic rings. The molecule has 1 aliphatic rings. The Kier molecular flexibility index (Phi) is 11.1. The van der Waals surface area contributed by atoms with Crippen molar-refractivity contribution in [1.82, 2.24) is 15.6 Å². The molecule has 0 bridgehead atoms. The molecule has 2 heterocycles. The second kappa shape index (κ2) is 11.2. The molecular weight excluding hydrogens is 353 g/mol. The number of nitrogens with one attached hydrogen (secondary N) is 2. The quantitative estimate of drug-likeness (QED) is 0.794. The van der Waals surface area contributed by atoms with Crippen LogP contribution in [0.25, 0.3) is 0 Å². The van der Waals surface area contributed by atoms with Crippen LogP contribution < -0.4 is 10.6 Å². The van der Waals surface area contributed by atoms with E-state index in [2.05, 4.69) is 29.5 Å². The van der Waals surface area contributed by atoms with Gasteiger partial charge in [0.05, 0.1) is 10.7 Å². The summed E-state index contributed by atoms with van der Waals surface area (Å²) in [6.07, 6.45) is 3.89. The smallest absolute Gasteiger partial charge is 0.220 e. The van der Waals surface area contributed by atoms with Gasteiger partial charge in [0.15, 0.2) is 0 Å². The number of aryl methyl sites for hydroxylation is 2. The van der Waals surface area contributed by atoms with Crippen LogP contribution in [0.15, 0.2) is 0 Å². The van der Waals surface area contributed by atoms with Gasteiger partial charge in [0.2, 0.25) is 5.91 Å². The third-order valence-corrected chi connectivity index (χ3v) is 5.56. The minimum Gasteiger partial charge on any atom is -0.356 e. The summed E-state index contributed by atoms with van der Waals surface area (Å²) in [6.45, 7) is 9.23. The fourth-order valence-corrected chi connectivity index (χ4v) is 3.83. The van der Waals surface area contributed by atoms with Crippen LogP contribution in [0, 0.1) is 25.7 Å². The molecule has 1 unspecified atom stereocenters. The Bertz CT molecular complexity index is 456. The maximum atomic E-state index is 12.0. The lowest BCUT2D eigenvalue weighted by molar-refractivity contribution is -0.122. The minimum absolute atomic E-state index is 0. The first-order valence-electron chi connectivity index (χ1n) is 7.96. The van der Waals surface area contributed by atoms with Crippen molar-refractivity contribution in [3.05, 3.63) is 15.6 Å². The number of thiazole rings is 1. The van der Waals surface area contributed by atoms with Crippen LogP contribution in [-0.2, 0) is 11.2 Å². The lowest BCUT2D eigenvalue weighted by Crippen LogP contribution is -2.34. The molecule has 2 rings (SSSR count). The highest BCUT2D eigenvalue weighted by Crippen LogP contribution is 2.24. The van der Waals surface area contributed by atoms with E-state index in [1.165, 1.54) is 17.7 Å². The van der Waals surface area contributed by atoms with Crippen molar-refractivity contribution in [2.45, 2.75) is 46.5 Å². The standard InChI is InChI=1S/C16H27N3OS.2ClH/c1-11(14-4-7-17-8-5-14)10-15(20)18-9-6-16-19-12(2)13(3)21-16;;/h11,14,17H,4-10H2,1-3H3,(H,18,20);2*1H. The van der Waals surface area contributed by atoms with Gasteiger partial charge in [0.25, 0.3) is 0 Å². The molecule has 4 nitrogen and oxygen atoms in total. The maximum absolute atomic E-state index is 12.0. The monoisotopic (exact) mass is 381 g/mol. The van der Waals surface area contributed by atoms with Crippen molar-refractivity contribution in [2.24, 2.45) is 11.8 Å². The van der Waals surface area contributed by atoms with E-state index in [1.807, 2.05) is 6.92 Å². The molecule has 23 heavy (non-hydrogen) atoms. The summed E-state index contributed by atoms with van der Waals surface area (Å²) in [5.74, 6) is 1.36. The molecule has 2 N–H and O–H groups in total. The zero-order valence-corrected chi connectivity index (χ0v) is 16.6. The fourth-order valence-electron chi connectivity index (χ4n) is 2.90. The average Bonchev–Trinajstić information content (AvgIpc) is 2.78. The summed E-state index contributed by atoms with van der Waals surface area (Å²) in [4.78, 5) is 17.8. The van der Waals surface area contributed by atoms with Crippen LogP contribution in [-0.4, -0.2) is 30.5 Å². The lowest BCUT2D eigenvalue weighted by atomic mass is 9.84. The Morgan fingerprint density at radius 1 is 1.35 bits per heavy atom. The SMILES string of the molecule is Cc1nc(CCNC(=O)CC(C)C2CCNCC2)sc1C.Cl.Cl. The van der Waals surface area contributed by atoms with Crippen molar-refractivity contribution in [3.8, 4) is 0 Å². The second-order valence-corrected chi connectivity index (χ2v) is 7.41. The van der Waals surface area contributed by atoms with Crippen molar-refractivity contribution < 1.29 is 4.79 Å². The van der Waals surface area contributed by atoms with E-state index in [-0.39, 0.29) is 30.7 Å². The number of nitrogens with zero attached hydrogens (tertiary/aromatic N) is 1. The Hall–Kier alpha value is -0.360. The van der Waals surface area contributed by atoms with Gasteiger partial charge in [-0.25, -0.2) is 4.98 Å². The zero-order valence-electron chi connectivity index (χ0n) is 14.2. The van der Waals surface area contributed by atoms with Crippen molar-refractivity contribution >= 4 is 42.1 Å². The second-order valence-electron chi connectivity index (χ2n) is 6.12. The molecule has 1 fully saturated rings. The first-order valence-corrected chi connectivity index (χ1v) is 8.78. The summed E-state index contributed by atoms with van der Waals surface area (Å²) in [5, 5.41) is 7.54. The number of amides is 1. The van der Waals surface area contributed by atoms with Crippen LogP contribution in [0.1, 0.15) is 41.8 Å². The van der Waals surface area contributed by atoms with E-state index in [0.717, 1.165) is 30.2 Å². The van der Waals surface area contributed by atoms with Crippen LogP contribution >= 0.6 is 36.2 Å². The molecule has 0 aromatic carbocycles. The topological polar surface area (TPSA) is 54.0 Å². The molecule has 0 saturated carbocycles. The van der Waals surface area contributed by atoms with E-state index < -0.39 is 0 Å². The molecule has 0 aliphatic carbocycles. The molecule has 1 atom stereocenters. The van der Waals surface area contributed by atoms with E-state index >= 15 is 0 Å². The molecule has 7 heteroatoms. The highest BCUT2D eigenvalue weighted by molar-refractivity contribution is 7.11. The predicted molar refractivity (Wildman–Crippen MR) is 102 cm³/mol. The summed E-state index contributed by atoms with van der Waals surface area (Å²) >= 11 is 1.73. The number of piperidine rings is 1. The summed E-state index contributed by atoms with van der Waals surface area (Å²) in [6, 6.07) is 0. The van der Waals surface area contributed by atoms with E-state index in [4.69, 9.17) is 0 Å². The first kappa shape index (κ1) is 22.6. The molecule has 0 spiro atoms. The van der Waals surface area contributed by atoms with Gasteiger partial charge in [-0.15, -0.1) is 36.2 Å². The molecule has 1 aromatic heterocycles. The van der Waals surface area contributed by atoms with Crippen LogP contribution in [0.5, 0.6) is 0 Å². The van der Waals surface area contributed by atoms with E-state index in [0.29, 0.717) is 24.8 Å². The van der Waals surface area contributed by atoms with Crippen LogP contribution in [0.4, 0.5) is 0 Å². The van der Waals surface area contributed by atoms with Gasteiger partial charge in [-0.1, -0.05) is 6.92 Å².